The van der Waals surface area contributed by atoms with E-state index < -0.39 is 11.8 Å². The van der Waals surface area contributed by atoms with E-state index in [1.807, 2.05) is 43.5 Å². The lowest BCUT2D eigenvalue weighted by Gasteiger charge is -2.15. The van der Waals surface area contributed by atoms with Crippen molar-refractivity contribution in [2.45, 2.75) is 17.9 Å². The lowest BCUT2D eigenvalue weighted by Crippen LogP contribution is -2.37. The summed E-state index contributed by atoms with van der Waals surface area (Å²) in [6.07, 6.45) is 1.65. The molecule has 7 heteroatoms. The van der Waals surface area contributed by atoms with Crippen LogP contribution in [0, 0.1) is 6.92 Å². The third-order valence-corrected chi connectivity index (χ3v) is 5.26. The number of benzene rings is 1. The van der Waals surface area contributed by atoms with Crippen molar-refractivity contribution in [3.63, 3.8) is 0 Å². The Kier molecular flexibility index (Phi) is 6.84. The van der Waals surface area contributed by atoms with E-state index in [9.17, 15) is 9.59 Å². The molecule has 0 bridgehead atoms. The van der Waals surface area contributed by atoms with Gasteiger partial charge in [-0.05, 0) is 37.4 Å². The van der Waals surface area contributed by atoms with Gasteiger partial charge in [0.15, 0.2) is 0 Å². The van der Waals surface area contributed by atoms with E-state index in [1.54, 1.807) is 24.5 Å². The van der Waals surface area contributed by atoms with Gasteiger partial charge in [0, 0.05) is 28.3 Å². The molecule has 5 nitrogen and oxygen atoms in total. The molecule has 0 saturated heterocycles. The van der Waals surface area contributed by atoms with Crippen LogP contribution in [-0.2, 0) is 14.3 Å². The number of thioether (sulfide) groups is 1. The number of nitrogens with one attached hydrogen (secondary N) is 2. The van der Waals surface area contributed by atoms with Gasteiger partial charge >= 0.3 is 11.8 Å². The molecule has 0 aliphatic rings. The highest BCUT2D eigenvalue weighted by Gasteiger charge is 2.18. The summed E-state index contributed by atoms with van der Waals surface area (Å²) in [6.45, 7) is 2.25. The number of hydrogen-bond donors (Lipinski definition) is 2. The number of methoxy groups -OCH3 is 1. The molecule has 0 radical (unpaired) electrons. The summed E-state index contributed by atoms with van der Waals surface area (Å²) in [7, 11) is 1.58. The smallest absolute Gasteiger partial charge is 0.313 e. The zero-order chi connectivity index (χ0) is 17.5. The molecule has 24 heavy (non-hydrogen) atoms. The van der Waals surface area contributed by atoms with Crippen LogP contribution in [0.5, 0.6) is 0 Å². The molecular weight excluding hydrogens is 344 g/mol. The lowest BCUT2D eigenvalue weighted by molar-refractivity contribution is -0.136. The molecular formula is C17H20N2O3S2. The van der Waals surface area contributed by atoms with Crippen LogP contribution >= 0.6 is 23.1 Å². The van der Waals surface area contributed by atoms with Gasteiger partial charge < -0.3 is 15.4 Å². The van der Waals surface area contributed by atoms with Crippen LogP contribution in [0.2, 0.25) is 0 Å². The minimum absolute atomic E-state index is 0.243. The summed E-state index contributed by atoms with van der Waals surface area (Å²) < 4.78 is 5.40. The van der Waals surface area contributed by atoms with E-state index in [2.05, 4.69) is 10.6 Å². The van der Waals surface area contributed by atoms with E-state index in [0.717, 1.165) is 9.77 Å². The Morgan fingerprint density at radius 2 is 1.96 bits per heavy atom. The monoisotopic (exact) mass is 364 g/mol. The van der Waals surface area contributed by atoms with Crippen LogP contribution in [0.15, 0.2) is 41.3 Å². The predicted molar refractivity (Wildman–Crippen MR) is 98.7 cm³/mol. The van der Waals surface area contributed by atoms with Crippen LogP contribution in [0.3, 0.4) is 0 Å². The molecule has 0 fully saturated rings. The van der Waals surface area contributed by atoms with Crippen molar-refractivity contribution >= 4 is 40.6 Å². The molecule has 2 aromatic rings. The van der Waals surface area contributed by atoms with Crippen molar-refractivity contribution in [3.8, 4) is 0 Å². The minimum atomic E-state index is -0.686. The highest BCUT2D eigenvalue weighted by atomic mass is 32.2. The number of carbonyl (C=O) groups excluding carboxylic acids is 2. The fourth-order valence-electron chi connectivity index (χ4n) is 2.12. The average Bonchev–Trinajstić information content (AvgIpc) is 3.02. The van der Waals surface area contributed by atoms with Crippen molar-refractivity contribution < 1.29 is 14.3 Å². The molecule has 2 amide bonds. The zero-order valence-electron chi connectivity index (χ0n) is 13.8. The number of para-hydroxylation sites is 1. The summed E-state index contributed by atoms with van der Waals surface area (Å²) in [4.78, 5) is 27.2. The van der Waals surface area contributed by atoms with Gasteiger partial charge in [-0.2, -0.15) is 0 Å². The number of rotatable bonds is 6. The second-order valence-corrected chi connectivity index (χ2v) is 7.20. The predicted octanol–water partition coefficient (Wildman–Crippen LogP) is 3.22. The normalized spacial score (nSPS) is 11.8. The molecule has 0 spiro atoms. The van der Waals surface area contributed by atoms with E-state index in [1.165, 1.54) is 16.6 Å². The average molecular weight is 364 g/mol. The Morgan fingerprint density at radius 1 is 1.21 bits per heavy atom. The fraction of sp³-hybridized carbons (Fsp3) is 0.294. The molecule has 1 heterocycles. The number of ether oxygens (including phenoxy) is 1. The summed E-state index contributed by atoms with van der Waals surface area (Å²) in [5.74, 6) is -1.37. The number of thiophene rings is 1. The van der Waals surface area contributed by atoms with Crippen molar-refractivity contribution in [1.82, 2.24) is 5.32 Å². The quantitative estimate of drug-likeness (QED) is 0.610. The Hall–Kier alpha value is -1.83. The molecule has 1 aromatic heterocycles. The summed E-state index contributed by atoms with van der Waals surface area (Å²) in [5, 5.41) is 5.26. The first-order valence-corrected chi connectivity index (χ1v) is 9.40. The highest BCUT2D eigenvalue weighted by Crippen LogP contribution is 2.25. The Balaban J connectivity index is 1.92. The van der Waals surface area contributed by atoms with Crippen molar-refractivity contribution in [2.24, 2.45) is 0 Å². The van der Waals surface area contributed by atoms with Gasteiger partial charge in [-0.1, -0.05) is 12.1 Å². The molecule has 2 N–H and O–H groups in total. The molecule has 1 unspecified atom stereocenters. The van der Waals surface area contributed by atoms with Gasteiger partial charge in [0.05, 0.1) is 5.69 Å². The highest BCUT2D eigenvalue weighted by molar-refractivity contribution is 7.98. The summed E-state index contributed by atoms with van der Waals surface area (Å²) in [6, 6.07) is 11.3. The molecule has 0 aliphatic heterocycles. The summed E-state index contributed by atoms with van der Waals surface area (Å²) in [5.41, 5.74) is 0.627. The molecule has 1 aromatic carbocycles. The summed E-state index contributed by atoms with van der Waals surface area (Å²) >= 11 is 3.11. The molecule has 128 valence electrons. The van der Waals surface area contributed by atoms with Gasteiger partial charge in [0.2, 0.25) is 0 Å². The number of anilines is 1. The van der Waals surface area contributed by atoms with Crippen molar-refractivity contribution in [2.75, 3.05) is 25.2 Å². The molecule has 2 rings (SSSR count). The Bertz CT molecular complexity index is 715. The largest absolute Gasteiger partial charge is 0.374 e. The van der Waals surface area contributed by atoms with Crippen LogP contribution < -0.4 is 10.6 Å². The maximum Gasteiger partial charge on any atom is 0.313 e. The zero-order valence-corrected chi connectivity index (χ0v) is 15.4. The van der Waals surface area contributed by atoms with Gasteiger partial charge in [0.1, 0.15) is 6.10 Å². The van der Waals surface area contributed by atoms with E-state index in [4.69, 9.17) is 4.74 Å². The van der Waals surface area contributed by atoms with Crippen molar-refractivity contribution in [3.05, 3.63) is 46.2 Å². The van der Waals surface area contributed by atoms with Crippen LogP contribution in [-0.4, -0.2) is 31.7 Å². The van der Waals surface area contributed by atoms with Crippen LogP contribution in [0.1, 0.15) is 15.9 Å². The maximum atomic E-state index is 12.1. The number of hydrogen-bond acceptors (Lipinski definition) is 5. The third kappa shape index (κ3) is 4.83. The van der Waals surface area contributed by atoms with Crippen molar-refractivity contribution in [1.29, 1.82) is 0 Å². The third-order valence-electron chi connectivity index (χ3n) is 3.37. The molecule has 0 aliphatic carbocycles. The standard InChI is InChI=1S/C17H20N2O3S2/c1-11-8-9-15(24-11)13(22-2)10-18-16(20)17(21)19-12-6-4-5-7-14(12)23-3/h4-9,13H,10H2,1-3H3,(H,18,20)(H,19,21). The molecule has 1 atom stereocenters. The SMILES string of the molecule is COC(CNC(=O)C(=O)Nc1ccccc1SC)c1ccc(C)s1. The second kappa shape index (κ2) is 8.86. The second-order valence-electron chi connectivity index (χ2n) is 5.04. The van der Waals surface area contributed by atoms with Gasteiger partial charge in [-0.15, -0.1) is 23.1 Å². The Morgan fingerprint density at radius 3 is 2.58 bits per heavy atom. The van der Waals surface area contributed by atoms with Crippen LogP contribution in [0.4, 0.5) is 5.69 Å². The first-order valence-electron chi connectivity index (χ1n) is 7.36. The van der Waals surface area contributed by atoms with E-state index in [-0.39, 0.29) is 12.6 Å². The first kappa shape index (κ1) is 18.5. The maximum absolute atomic E-state index is 12.1. The minimum Gasteiger partial charge on any atom is -0.374 e. The molecule has 0 saturated carbocycles. The van der Waals surface area contributed by atoms with Gasteiger partial charge in [-0.3, -0.25) is 9.59 Å². The lowest BCUT2D eigenvalue weighted by atomic mass is 10.2. The number of aryl methyl sites for hydroxylation is 1. The number of amides is 2. The van der Waals surface area contributed by atoms with E-state index >= 15 is 0 Å². The van der Waals surface area contributed by atoms with Crippen LogP contribution in [0.25, 0.3) is 0 Å². The fourth-order valence-corrected chi connectivity index (χ4v) is 3.63. The van der Waals surface area contributed by atoms with Gasteiger partial charge in [0.25, 0.3) is 0 Å². The first-order chi connectivity index (χ1) is 11.5. The van der Waals surface area contributed by atoms with Gasteiger partial charge in [-0.25, -0.2) is 0 Å². The number of carbonyl (C=O) groups is 2. The Labute approximate surface area is 149 Å². The topological polar surface area (TPSA) is 67.4 Å². The van der Waals surface area contributed by atoms with E-state index in [0.29, 0.717) is 5.69 Å².